The van der Waals surface area contributed by atoms with Crippen LogP contribution in [-0.4, -0.2) is 53.6 Å². The fourth-order valence-electron chi connectivity index (χ4n) is 2.77. The zero-order chi connectivity index (χ0) is 13.5. The van der Waals surface area contributed by atoms with Crippen LogP contribution in [-0.2, 0) is 27.6 Å². The van der Waals surface area contributed by atoms with E-state index in [9.17, 15) is 13.2 Å². The van der Waals surface area contributed by atoms with Gasteiger partial charge in [-0.2, -0.15) is 5.10 Å². The van der Waals surface area contributed by atoms with Crippen molar-refractivity contribution in [3.8, 4) is 0 Å². The van der Waals surface area contributed by atoms with E-state index in [4.69, 9.17) is 0 Å². The fourth-order valence-corrected chi connectivity index (χ4v) is 3.97. The molecule has 1 unspecified atom stereocenters. The highest BCUT2D eigenvalue weighted by atomic mass is 32.2. The molecule has 2 aliphatic rings. The van der Waals surface area contributed by atoms with Crippen molar-refractivity contribution in [3.05, 3.63) is 18.0 Å². The minimum absolute atomic E-state index is 0.0231. The number of rotatable bonds is 1. The number of amides is 1. The van der Waals surface area contributed by atoms with E-state index in [1.54, 1.807) is 11.1 Å². The molecule has 2 aliphatic heterocycles. The highest BCUT2D eigenvalue weighted by molar-refractivity contribution is 7.91. The van der Waals surface area contributed by atoms with Gasteiger partial charge < -0.3 is 4.90 Å². The topological polar surface area (TPSA) is 72.3 Å². The Morgan fingerprint density at radius 1 is 1.26 bits per heavy atom. The molecular formula is C12H17N3O3S. The Balaban J connectivity index is 1.66. The number of fused-ring (bicyclic) bond motifs is 1. The Bertz CT molecular complexity index is 579. The predicted molar refractivity (Wildman–Crippen MR) is 69.3 cm³/mol. The second kappa shape index (κ2) is 4.63. The SMILES string of the molecule is O=C(C1CCn2nccc2C1)N1CCS(=O)(=O)CC1. The predicted octanol–water partition coefficient (Wildman–Crippen LogP) is -0.297. The average molecular weight is 283 g/mol. The van der Waals surface area contributed by atoms with Gasteiger partial charge in [-0.3, -0.25) is 9.48 Å². The monoisotopic (exact) mass is 283 g/mol. The normalized spacial score (nSPS) is 25.9. The summed E-state index contributed by atoms with van der Waals surface area (Å²) < 4.78 is 24.7. The molecular weight excluding hydrogens is 266 g/mol. The van der Waals surface area contributed by atoms with Crippen LogP contribution >= 0.6 is 0 Å². The van der Waals surface area contributed by atoms with Crippen molar-refractivity contribution in [2.75, 3.05) is 24.6 Å². The first-order valence-corrected chi connectivity index (χ1v) is 8.37. The fraction of sp³-hybridized carbons (Fsp3) is 0.667. The molecule has 0 aromatic carbocycles. The van der Waals surface area contributed by atoms with Crippen molar-refractivity contribution in [3.63, 3.8) is 0 Å². The van der Waals surface area contributed by atoms with E-state index in [1.165, 1.54) is 0 Å². The van der Waals surface area contributed by atoms with Crippen LogP contribution in [0.1, 0.15) is 12.1 Å². The number of nitrogens with zero attached hydrogens (tertiary/aromatic N) is 3. The number of carbonyl (C=O) groups is 1. The van der Waals surface area contributed by atoms with Gasteiger partial charge in [0.2, 0.25) is 5.91 Å². The van der Waals surface area contributed by atoms with Crippen molar-refractivity contribution in [1.29, 1.82) is 0 Å². The number of hydrogen-bond donors (Lipinski definition) is 0. The first-order chi connectivity index (χ1) is 9.05. The van der Waals surface area contributed by atoms with Gasteiger partial charge in [-0.25, -0.2) is 8.42 Å². The van der Waals surface area contributed by atoms with Gasteiger partial charge in [0.15, 0.2) is 9.84 Å². The lowest BCUT2D eigenvalue weighted by Crippen LogP contribution is -2.47. The molecule has 0 aliphatic carbocycles. The summed E-state index contributed by atoms with van der Waals surface area (Å²) in [5.41, 5.74) is 1.09. The Kier molecular flexibility index (Phi) is 3.08. The number of aromatic nitrogens is 2. The van der Waals surface area contributed by atoms with Crippen molar-refractivity contribution in [2.24, 2.45) is 5.92 Å². The first kappa shape index (κ1) is 12.7. The van der Waals surface area contributed by atoms with Crippen LogP contribution in [0.5, 0.6) is 0 Å². The molecule has 0 N–H and O–H groups in total. The van der Waals surface area contributed by atoms with Gasteiger partial charge in [0, 0.05) is 43.9 Å². The maximum Gasteiger partial charge on any atom is 0.226 e. The second-order valence-corrected chi connectivity index (χ2v) is 7.52. The minimum Gasteiger partial charge on any atom is -0.340 e. The Morgan fingerprint density at radius 2 is 2.00 bits per heavy atom. The molecule has 1 aromatic rings. The van der Waals surface area contributed by atoms with E-state index in [0.29, 0.717) is 19.5 Å². The smallest absolute Gasteiger partial charge is 0.226 e. The standard InChI is InChI=1S/C12H17N3O3S/c16-12(14-5-7-19(17,18)8-6-14)10-2-4-15-11(9-10)1-3-13-15/h1,3,10H,2,4-9H2. The summed E-state index contributed by atoms with van der Waals surface area (Å²) in [4.78, 5) is 14.1. The van der Waals surface area contributed by atoms with Crippen LogP contribution in [0.3, 0.4) is 0 Å². The third kappa shape index (κ3) is 2.51. The maximum atomic E-state index is 12.4. The van der Waals surface area contributed by atoms with Crippen LogP contribution in [0.15, 0.2) is 12.3 Å². The van der Waals surface area contributed by atoms with Gasteiger partial charge in [-0.1, -0.05) is 0 Å². The summed E-state index contributed by atoms with van der Waals surface area (Å²) in [7, 11) is -2.93. The zero-order valence-corrected chi connectivity index (χ0v) is 11.5. The van der Waals surface area contributed by atoms with Crippen LogP contribution in [0.4, 0.5) is 0 Å². The highest BCUT2D eigenvalue weighted by Crippen LogP contribution is 2.22. The van der Waals surface area contributed by atoms with Gasteiger partial charge in [-0.05, 0) is 12.5 Å². The van der Waals surface area contributed by atoms with Gasteiger partial charge in [0.1, 0.15) is 0 Å². The third-order valence-corrected chi connectivity index (χ3v) is 5.56. The second-order valence-electron chi connectivity index (χ2n) is 5.21. The summed E-state index contributed by atoms with van der Waals surface area (Å²) in [6.45, 7) is 1.46. The molecule has 1 fully saturated rings. The summed E-state index contributed by atoms with van der Waals surface area (Å²) in [6.07, 6.45) is 3.26. The molecule has 0 spiro atoms. The lowest BCUT2D eigenvalue weighted by Gasteiger charge is -2.32. The van der Waals surface area contributed by atoms with E-state index in [0.717, 1.165) is 18.7 Å². The summed E-state index contributed by atoms with van der Waals surface area (Å²) in [6, 6.07) is 1.94. The lowest BCUT2D eigenvalue weighted by atomic mass is 9.94. The van der Waals surface area contributed by atoms with Crippen molar-refractivity contribution < 1.29 is 13.2 Å². The zero-order valence-electron chi connectivity index (χ0n) is 10.7. The number of carbonyl (C=O) groups excluding carboxylic acids is 1. The van der Waals surface area contributed by atoms with Gasteiger partial charge >= 0.3 is 0 Å². The molecule has 3 rings (SSSR count). The molecule has 0 saturated carbocycles. The van der Waals surface area contributed by atoms with Crippen LogP contribution < -0.4 is 0 Å². The van der Waals surface area contributed by atoms with Gasteiger partial charge in [0.25, 0.3) is 0 Å². The lowest BCUT2D eigenvalue weighted by molar-refractivity contribution is -0.135. The first-order valence-electron chi connectivity index (χ1n) is 6.55. The molecule has 3 heterocycles. The molecule has 6 nitrogen and oxygen atoms in total. The largest absolute Gasteiger partial charge is 0.340 e. The van der Waals surface area contributed by atoms with E-state index >= 15 is 0 Å². The van der Waals surface area contributed by atoms with E-state index in [1.807, 2.05) is 10.7 Å². The molecule has 0 bridgehead atoms. The van der Waals surface area contributed by atoms with Crippen LogP contribution in [0.25, 0.3) is 0 Å². The summed E-state index contributed by atoms with van der Waals surface area (Å²) in [5, 5.41) is 4.19. The van der Waals surface area contributed by atoms with Crippen LogP contribution in [0, 0.1) is 5.92 Å². The van der Waals surface area contributed by atoms with Crippen molar-refractivity contribution in [2.45, 2.75) is 19.4 Å². The third-order valence-electron chi connectivity index (χ3n) is 3.95. The Morgan fingerprint density at radius 3 is 2.74 bits per heavy atom. The van der Waals surface area contributed by atoms with E-state index in [2.05, 4.69) is 5.10 Å². The highest BCUT2D eigenvalue weighted by Gasteiger charge is 2.32. The molecule has 7 heteroatoms. The molecule has 1 amide bonds. The van der Waals surface area contributed by atoms with E-state index < -0.39 is 9.84 Å². The Labute approximate surface area is 112 Å². The molecule has 1 atom stereocenters. The molecule has 19 heavy (non-hydrogen) atoms. The minimum atomic E-state index is -2.93. The molecule has 1 saturated heterocycles. The number of hydrogen-bond acceptors (Lipinski definition) is 4. The van der Waals surface area contributed by atoms with Gasteiger partial charge in [-0.15, -0.1) is 0 Å². The Hall–Kier alpha value is -1.37. The van der Waals surface area contributed by atoms with E-state index in [-0.39, 0.29) is 23.3 Å². The number of sulfone groups is 1. The average Bonchev–Trinajstić information content (AvgIpc) is 2.85. The van der Waals surface area contributed by atoms with Crippen molar-refractivity contribution >= 4 is 15.7 Å². The van der Waals surface area contributed by atoms with Crippen molar-refractivity contribution in [1.82, 2.24) is 14.7 Å². The molecule has 1 aromatic heterocycles. The summed E-state index contributed by atoms with van der Waals surface area (Å²) >= 11 is 0. The van der Waals surface area contributed by atoms with Crippen LogP contribution in [0.2, 0.25) is 0 Å². The van der Waals surface area contributed by atoms with Gasteiger partial charge in [0.05, 0.1) is 11.5 Å². The number of aryl methyl sites for hydroxylation is 1. The molecule has 104 valence electrons. The maximum absolute atomic E-state index is 12.4. The quantitative estimate of drug-likeness (QED) is 0.709. The molecule has 0 radical (unpaired) electrons. The summed E-state index contributed by atoms with van der Waals surface area (Å²) in [5.74, 6) is 0.277.